The Balaban J connectivity index is 2.33. The third-order valence-electron chi connectivity index (χ3n) is 2.11. The molecule has 0 amide bonds. The second-order valence-corrected chi connectivity index (χ2v) is 4.62. The molecule has 7 heteroatoms. The Morgan fingerprint density at radius 3 is 2.39 bits per heavy atom. The summed E-state index contributed by atoms with van der Waals surface area (Å²) in [5.74, 6) is -1.38. The predicted octanol–water partition coefficient (Wildman–Crippen LogP) is 3.69. The highest BCUT2D eigenvalue weighted by molar-refractivity contribution is 9.10. The number of nitrogens with zero attached hydrogens (tertiary/aromatic N) is 3. The maximum atomic E-state index is 13.0. The molecule has 96 valence electrons. The fourth-order valence-electron chi connectivity index (χ4n) is 1.38. The number of halogens is 3. The van der Waals surface area contributed by atoms with Crippen molar-refractivity contribution in [1.29, 1.82) is 0 Å². The minimum absolute atomic E-state index is 0.0113. The molecule has 0 aliphatic heterocycles. The fraction of sp³-hybridized carbons (Fsp3) is 0.273. The van der Waals surface area contributed by atoms with E-state index >= 15 is 0 Å². The molecule has 0 spiro atoms. The molecule has 1 heterocycles. The lowest BCUT2D eigenvalue weighted by Gasteiger charge is -2.09. The van der Waals surface area contributed by atoms with Crippen LogP contribution in [-0.2, 0) is 0 Å². The van der Waals surface area contributed by atoms with Crippen LogP contribution in [0.1, 0.15) is 19.9 Å². The van der Waals surface area contributed by atoms with Crippen LogP contribution in [-0.4, -0.2) is 14.8 Å². The zero-order chi connectivity index (χ0) is 13.3. The highest BCUT2D eigenvalue weighted by Gasteiger charge is 2.14. The van der Waals surface area contributed by atoms with Gasteiger partial charge in [-0.05, 0) is 29.8 Å². The van der Waals surface area contributed by atoms with Crippen LogP contribution in [0, 0.1) is 11.6 Å². The Morgan fingerprint density at radius 1 is 1.22 bits per heavy atom. The van der Waals surface area contributed by atoms with Gasteiger partial charge in [-0.1, -0.05) is 0 Å². The van der Waals surface area contributed by atoms with Gasteiger partial charge in [-0.15, -0.1) is 5.10 Å². The van der Waals surface area contributed by atoms with Gasteiger partial charge < -0.3 is 4.74 Å². The highest BCUT2D eigenvalue weighted by Crippen LogP contribution is 2.25. The van der Waals surface area contributed by atoms with Gasteiger partial charge in [0.1, 0.15) is 17.4 Å². The van der Waals surface area contributed by atoms with Crippen molar-refractivity contribution in [3.63, 3.8) is 0 Å². The monoisotopic (exact) mass is 317 g/mol. The molecule has 2 rings (SSSR count). The molecule has 1 aromatic heterocycles. The van der Waals surface area contributed by atoms with E-state index in [2.05, 4.69) is 26.0 Å². The molecule has 2 aromatic rings. The van der Waals surface area contributed by atoms with Crippen molar-refractivity contribution in [2.75, 3.05) is 0 Å². The number of hydrogen-bond donors (Lipinski definition) is 0. The Labute approximate surface area is 111 Å². The van der Waals surface area contributed by atoms with Crippen LogP contribution in [0.3, 0.4) is 0 Å². The molecule has 4 nitrogen and oxygen atoms in total. The Kier molecular flexibility index (Phi) is 3.60. The normalized spacial score (nSPS) is 11.0. The molecule has 0 aliphatic carbocycles. The van der Waals surface area contributed by atoms with Crippen molar-refractivity contribution in [2.24, 2.45) is 0 Å². The standard InChI is InChI=1S/C11H10BrF2N3O/c1-6(2)17-11(15-10(12)16-17)18-9-4-7(13)3-8(14)5-9/h3-6H,1-2H3. The SMILES string of the molecule is CC(C)n1nc(Br)nc1Oc1cc(F)cc(F)c1. The van der Waals surface area contributed by atoms with Gasteiger partial charge >= 0.3 is 6.01 Å². The van der Waals surface area contributed by atoms with Crippen molar-refractivity contribution in [3.8, 4) is 11.8 Å². The summed E-state index contributed by atoms with van der Waals surface area (Å²) in [4.78, 5) is 3.99. The molecule has 0 atom stereocenters. The molecule has 18 heavy (non-hydrogen) atoms. The van der Waals surface area contributed by atoms with E-state index in [1.165, 1.54) is 4.68 Å². The Morgan fingerprint density at radius 2 is 1.83 bits per heavy atom. The molecule has 1 aromatic carbocycles. The maximum Gasteiger partial charge on any atom is 0.321 e. The molecule has 0 fully saturated rings. The Hall–Kier alpha value is -1.50. The van der Waals surface area contributed by atoms with E-state index in [1.54, 1.807) is 0 Å². The van der Waals surface area contributed by atoms with Crippen molar-refractivity contribution in [1.82, 2.24) is 14.8 Å². The van der Waals surface area contributed by atoms with Crippen molar-refractivity contribution < 1.29 is 13.5 Å². The first-order valence-corrected chi connectivity index (χ1v) is 6.01. The summed E-state index contributed by atoms with van der Waals surface area (Å²) in [6.07, 6.45) is 0. The van der Waals surface area contributed by atoms with E-state index in [9.17, 15) is 8.78 Å². The number of benzene rings is 1. The number of ether oxygens (including phenoxy) is 1. The zero-order valence-electron chi connectivity index (χ0n) is 9.69. The average molecular weight is 318 g/mol. The van der Waals surface area contributed by atoms with Crippen molar-refractivity contribution in [2.45, 2.75) is 19.9 Å². The van der Waals surface area contributed by atoms with Gasteiger partial charge in [0, 0.05) is 18.2 Å². The van der Waals surface area contributed by atoms with Gasteiger partial charge in [-0.2, -0.15) is 4.98 Å². The molecule has 0 saturated carbocycles. The lowest BCUT2D eigenvalue weighted by molar-refractivity contribution is 0.372. The second kappa shape index (κ2) is 5.01. The molecular formula is C11H10BrF2N3O. The molecule has 0 unspecified atom stereocenters. The number of aromatic nitrogens is 3. The predicted molar refractivity (Wildman–Crippen MR) is 64.5 cm³/mol. The third kappa shape index (κ3) is 2.84. The molecular weight excluding hydrogens is 308 g/mol. The van der Waals surface area contributed by atoms with Crippen LogP contribution >= 0.6 is 15.9 Å². The van der Waals surface area contributed by atoms with Gasteiger partial charge in [0.15, 0.2) is 0 Å². The van der Waals surface area contributed by atoms with Gasteiger partial charge in [0.2, 0.25) is 4.73 Å². The molecule has 0 saturated heterocycles. The van der Waals surface area contributed by atoms with Gasteiger partial charge in [0.25, 0.3) is 0 Å². The van der Waals surface area contributed by atoms with Crippen LogP contribution in [0.4, 0.5) is 8.78 Å². The molecule has 0 aliphatic rings. The third-order valence-corrected chi connectivity index (χ3v) is 2.44. The quantitative estimate of drug-likeness (QED) is 0.866. The second-order valence-electron chi connectivity index (χ2n) is 3.91. The summed E-state index contributed by atoms with van der Waals surface area (Å²) >= 11 is 3.12. The first-order valence-electron chi connectivity index (χ1n) is 5.21. The fourth-order valence-corrected chi connectivity index (χ4v) is 1.71. The van der Waals surface area contributed by atoms with Crippen LogP contribution in [0.5, 0.6) is 11.8 Å². The summed E-state index contributed by atoms with van der Waals surface area (Å²) in [5, 5.41) is 4.06. The number of rotatable bonds is 3. The first kappa shape index (κ1) is 12.9. The van der Waals surface area contributed by atoms with Gasteiger partial charge in [-0.3, -0.25) is 0 Å². The van der Waals surface area contributed by atoms with E-state index in [-0.39, 0.29) is 17.8 Å². The summed E-state index contributed by atoms with van der Waals surface area (Å²) < 4.78 is 33.2. The van der Waals surface area contributed by atoms with E-state index in [0.717, 1.165) is 18.2 Å². The first-order chi connectivity index (χ1) is 8.45. The molecule has 0 bridgehead atoms. The van der Waals surface area contributed by atoms with E-state index in [4.69, 9.17) is 4.74 Å². The summed E-state index contributed by atoms with van der Waals surface area (Å²) in [6.45, 7) is 3.78. The Bertz CT molecular complexity index is 551. The minimum Gasteiger partial charge on any atom is -0.424 e. The summed E-state index contributed by atoms with van der Waals surface area (Å²) in [5.41, 5.74) is 0. The largest absolute Gasteiger partial charge is 0.424 e. The smallest absolute Gasteiger partial charge is 0.321 e. The molecule has 0 N–H and O–H groups in total. The lowest BCUT2D eigenvalue weighted by atomic mass is 10.3. The molecule has 0 radical (unpaired) electrons. The van der Waals surface area contributed by atoms with Crippen molar-refractivity contribution >= 4 is 15.9 Å². The minimum atomic E-state index is -0.709. The lowest BCUT2D eigenvalue weighted by Crippen LogP contribution is -2.05. The van der Waals surface area contributed by atoms with Crippen LogP contribution in [0.2, 0.25) is 0 Å². The summed E-state index contributed by atoms with van der Waals surface area (Å²) in [6, 6.07) is 3.11. The van der Waals surface area contributed by atoms with Crippen LogP contribution in [0.15, 0.2) is 22.9 Å². The van der Waals surface area contributed by atoms with Crippen LogP contribution < -0.4 is 4.74 Å². The van der Waals surface area contributed by atoms with E-state index in [1.807, 2.05) is 13.8 Å². The zero-order valence-corrected chi connectivity index (χ0v) is 11.3. The van der Waals surface area contributed by atoms with Gasteiger partial charge in [-0.25, -0.2) is 13.5 Å². The van der Waals surface area contributed by atoms with E-state index < -0.39 is 11.6 Å². The summed E-state index contributed by atoms with van der Waals surface area (Å²) in [7, 11) is 0. The van der Waals surface area contributed by atoms with E-state index in [0.29, 0.717) is 4.73 Å². The average Bonchev–Trinajstić information content (AvgIpc) is 2.57. The van der Waals surface area contributed by atoms with Crippen molar-refractivity contribution in [3.05, 3.63) is 34.6 Å². The number of hydrogen-bond acceptors (Lipinski definition) is 3. The topological polar surface area (TPSA) is 39.9 Å². The van der Waals surface area contributed by atoms with Crippen LogP contribution in [0.25, 0.3) is 0 Å². The highest BCUT2D eigenvalue weighted by atomic mass is 79.9. The maximum absolute atomic E-state index is 13.0. The van der Waals surface area contributed by atoms with Gasteiger partial charge in [0.05, 0.1) is 6.04 Å².